The van der Waals surface area contributed by atoms with Gasteiger partial charge in [-0.05, 0) is 34.1 Å². The van der Waals surface area contributed by atoms with Crippen molar-refractivity contribution in [1.82, 2.24) is 10.6 Å². The first-order chi connectivity index (χ1) is 9.16. The van der Waals surface area contributed by atoms with Gasteiger partial charge in [0.1, 0.15) is 0 Å². The van der Waals surface area contributed by atoms with Crippen molar-refractivity contribution >= 4 is 39.1 Å². The summed E-state index contributed by atoms with van der Waals surface area (Å²) in [6.45, 7) is 0.704. The molecule has 19 heavy (non-hydrogen) atoms. The summed E-state index contributed by atoms with van der Waals surface area (Å²) in [6, 6.07) is 4.98. The molecule has 2 aromatic heterocycles. The van der Waals surface area contributed by atoms with E-state index in [2.05, 4.69) is 26.6 Å². The molecule has 0 aliphatic heterocycles. The van der Waals surface area contributed by atoms with Crippen LogP contribution in [0.2, 0.25) is 0 Å². The van der Waals surface area contributed by atoms with Crippen LogP contribution in [0.4, 0.5) is 0 Å². The smallest absolute Gasteiger partial charge is 0.287 e. The van der Waals surface area contributed by atoms with E-state index in [-0.39, 0.29) is 17.6 Å². The van der Waals surface area contributed by atoms with Gasteiger partial charge < -0.3 is 15.1 Å². The van der Waals surface area contributed by atoms with Gasteiger partial charge in [-0.15, -0.1) is 11.3 Å². The number of rotatable bonds is 5. The lowest BCUT2D eigenvalue weighted by atomic mass is 10.3. The van der Waals surface area contributed by atoms with E-state index in [9.17, 15) is 9.59 Å². The zero-order chi connectivity index (χ0) is 13.7. The van der Waals surface area contributed by atoms with Gasteiger partial charge in [-0.1, -0.05) is 0 Å². The third kappa shape index (κ3) is 3.93. The van der Waals surface area contributed by atoms with Crippen molar-refractivity contribution in [2.75, 3.05) is 13.1 Å². The lowest BCUT2D eigenvalue weighted by molar-refractivity contribution is 0.0911. The summed E-state index contributed by atoms with van der Waals surface area (Å²) in [5, 5.41) is 7.12. The number of thiophene rings is 1. The van der Waals surface area contributed by atoms with Crippen LogP contribution in [-0.4, -0.2) is 24.9 Å². The summed E-state index contributed by atoms with van der Waals surface area (Å²) >= 11 is 4.74. The average Bonchev–Trinajstić information content (AvgIpc) is 3.04. The van der Waals surface area contributed by atoms with Crippen LogP contribution >= 0.6 is 27.3 Å². The van der Waals surface area contributed by atoms with Crippen LogP contribution in [0.25, 0.3) is 0 Å². The minimum Gasteiger partial charge on any atom is -0.459 e. The normalized spacial score (nSPS) is 10.2. The Morgan fingerprint density at radius 1 is 1.26 bits per heavy atom. The second-order valence-corrected chi connectivity index (χ2v) is 5.92. The molecule has 0 aliphatic carbocycles. The molecule has 100 valence electrons. The third-order valence-electron chi connectivity index (χ3n) is 2.27. The molecule has 2 rings (SSSR count). The molecule has 2 heterocycles. The van der Waals surface area contributed by atoms with E-state index >= 15 is 0 Å². The van der Waals surface area contributed by atoms with Crippen molar-refractivity contribution < 1.29 is 14.0 Å². The highest BCUT2D eigenvalue weighted by atomic mass is 79.9. The number of amides is 2. The van der Waals surface area contributed by atoms with E-state index in [0.717, 1.165) is 3.79 Å². The quantitative estimate of drug-likeness (QED) is 0.818. The molecule has 2 amide bonds. The molecule has 5 nitrogen and oxygen atoms in total. The molecule has 0 radical (unpaired) electrons. The molecule has 7 heteroatoms. The van der Waals surface area contributed by atoms with Crippen LogP contribution < -0.4 is 10.6 Å². The van der Waals surface area contributed by atoms with E-state index in [4.69, 9.17) is 4.42 Å². The van der Waals surface area contributed by atoms with E-state index in [0.29, 0.717) is 18.7 Å². The zero-order valence-electron chi connectivity index (χ0n) is 9.81. The number of hydrogen-bond donors (Lipinski definition) is 2. The molecule has 0 saturated carbocycles. The molecule has 0 aromatic carbocycles. The maximum Gasteiger partial charge on any atom is 0.287 e. The van der Waals surface area contributed by atoms with Gasteiger partial charge in [0.25, 0.3) is 11.8 Å². The molecule has 0 saturated heterocycles. The maximum atomic E-state index is 11.7. The van der Waals surface area contributed by atoms with Gasteiger partial charge in [0.2, 0.25) is 0 Å². The lowest BCUT2D eigenvalue weighted by Gasteiger charge is -2.04. The van der Waals surface area contributed by atoms with Gasteiger partial charge in [-0.2, -0.15) is 0 Å². The number of carbonyl (C=O) groups excluding carboxylic acids is 2. The van der Waals surface area contributed by atoms with E-state index in [1.165, 1.54) is 17.6 Å². The Balaban J connectivity index is 1.70. The Bertz CT molecular complexity index is 565. The first-order valence-electron chi connectivity index (χ1n) is 5.51. The van der Waals surface area contributed by atoms with Crippen molar-refractivity contribution in [2.45, 2.75) is 0 Å². The Morgan fingerprint density at radius 3 is 2.58 bits per heavy atom. The van der Waals surface area contributed by atoms with Gasteiger partial charge in [0.15, 0.2) is 5.76 Å². The molecule has 0 spiro atoms. The van der Waals surface area contributed by atoms with Crippen LogP contribution in [0.3, 0.4) is 0 Å². The van der Waals surface area contributed by atoms with Crippen molar-refractivity contribution in [1.29, 1.82) is 0 Å². The van der Waals surface area contributed by atoms with Crippen LogP contribution in [0.1, 0.15) is 20.9 Å². The van der Waals surface area contributed by atoms with Gasteiger partial charge in [0, 0.05) is 18.5 Å². The first kappa shape index (κ1) is 13.8. The molecule has 0 bridgehead atoms. The Morgan fingerprint density at radius 2 is 2.00 bits per heavy atom. The van der Waals surface area contributed by atoms with Gasteiger partial charge in [0.05, 0.1) is 15.6 Å². The molecule has 0 aliphatic rings. The van der Waals surface area contributed by atoms with Crippen molar-refractivity contribution in [3.05, 3.63) is 45.0 Å². The summed E-state index contributed by atoms with van der Waals surface area (Å²) in [7, 11) is 0. The standard InChI is InChI=1S/C12H11BrN2O3S/c13-10-6-8(7-19-10)11(16)14-3-4-15-12(17)9-2-1-5-18-9/h1-2,5-7H,3-4H2,(H,14,16)(H,15,17). The van der Waals surface area contributed by atoms with Crippen molar-refractivity contribution in [3.8, 4) is 0 Å². The first-order valence-corrected chi connectivity index (χ1v) is 7.18. The summed E-state index contributed by atoms with van der Waals surface area (Å²) in [5.41, 5.74) is 0.606. The largest absolute Gasteiger partial charge is 0.459 e. The summed E-state index contributed by atoms with van der Waals surface area (Å²) in [6.07, 6.45) is 1.44. The maximum absolute atomic E-state index is 11.7. The van der Waals surface area contributed by atoms with Crippen molar-refractivity contribution in [3.63, 3.8) is 0 Å². The Hall–Kier alpha value is -1.60. The van der Waals surface area contributed by atoms with Crippen molar-refractivity contribution in [2.24, 2.45) is 0 Å². The number of nitrogens with one attached hydrogen (secondary N) is 2. The van der Waals surface area contributed by atoms with Gasteiger partial charge in [-0.3, -0.25) is 9.59 Å². The Kier molecular flexibility index (Phi) is 4.75. The lowest BCUT2D eigenvalue weighted by Crippen LogP contribution is -2.34. The van der Waals surface area contributed by atoms with Gasteiger partial charge >= 0.3 is 0 Å². The highest BCUT2D eigenvalue weighted by molar-refractivity contribution is 9.11. The third-order valence-corrected chi connectivity index (χ3v) is 3.78. The van der Waals surface area contributed by atoms with Crippen LogP contribution in [-0.2, 0) is 0 Å². The topological polar surface area (TPSA) is 71.3 Å². The van der Waals surface area contributed by atoms with Crippen LogP contribution in [0, 0.1) is 0 Å². The number of furan rings is 1. The molecule has 2 aromatic rings. The Labute approximate surface area is 122 Å². The predicted octanol–water partition coefficient (Wildman–Crippen LogP) is 2.26. The number of halogens is 1. The highest BCUT2D eigenvalue weighted by Gasteiger charge is 2.09. The molecule has 0 fully saturated rings. The molecule has 2 N–H and O–H groups in total. The second kappa shape index (κ2) is 6.53. The highest BCUT2D eigenvalue weighted by Crippen LogP contribution is 2.20. The number of hydrogen-bond acceptors (Lipinski definition) is 4. The zero-order valence-corrected chi connectivity index (χ0v) is 12.2. The molecule has 0 atom stereocenters. The molecule has 0 unspecified atom stereocenters. The minimum atomic E-state index is -0.294. The van der Waals surface area contributed by atoms with Crippen LogP contribution in [0.5, 0.6) is 0 Å². The number of carbonyl (C=O) groups is 2. The second-order valence-electron chi connectivity index (χ2n) is 3.63. The fourth-order valence-corrected chi connectivity index (χ4v) is 2.51. The van der Waals surface area contributed by atoms with Gasteiger partial charge in [-0.25, -0.2) is 0 Å². The summed E-state index contributed by atoms with van der Waals surface area (Å²) in [5.74, 6) is -0.195. The fraction of sp³-hybridized carbons (Fsp3) is 0.167. The van der Waals surface area contributed by atoms with E-state index in [1.807, 2.05) is 0 Å². The molecular formula is C12H11BrN2O3S. The fourth-order valence-electron chi connectivity index (χ4n) is 1.38. The average molecular weight is 343 g/mol. The van der Waals surface area contributed by atoms with Crippen LogP contribution in [0.15, 0.2) is 38.0 Å². The monoisotopic (exact) mass is 342 g/mol. The SMILES string of the molecule is O=C(NCCNC(=O)c1ccco1)c1csc(Br)c1. The van der Waals surface area contributed by atoms with E-state index in [1.54, 1.807) is 23.6 Å². The minimum absolute atomic E-state index is 0.158. The molecular weight excluding hydrogens is 332 g/mol. The predicted molar refractivity (Wildman–Crippen MR) is 75.4 cm³/mol. The van der Waals surface area contributed by atoms with E-state index < -0.39 is 0 Å². The summed E-state index contributed by atoms with van der Waals surface area (Å²) in [4.78, 5) is 23.2. The summed E-state index contributed by atoms with van der Waals surface area (Å²) < 4.78 is 5.85.